The number of nitrogens with two attached hydrogens (primary N) is 1. The minimum absolute atomic E-state index is 0.132. The summed E-state index contributed by atoms with van der Waals surface area (Å²) in [5.74, 6) is -0.367. The second-order valence-corrected chi connectivity index (χ2v) is 3.87. The van der Waals surface area contributed by atoms with Crippen LogP contribution in [0.5, 0.6) is 0 Å². The van der Waals surface area contributed by atoms with Crippen LogP contribution in [0.3, 0.4) is 0 Å². The molecule has 3 nitrogen and oxygen atoms in total. The summed E-state index contributed by atoms with van der Waals surface area (Å²) in [6.45, 7) is 4.50. The van der Waals surface area contributed by atoms with Gasteiger partial charge in [0.05, 0.1) is 0 Å². The molecule has 1 atom stereocenters. The monoisotopic (exact) mass is 218 g/mol. The number of rotatable bonds is 5. The van der Waals surface area contributed by atoms with E-state index in [-0.39, 0.29) is 11.9 Å². The van der Waals surface area contributed by atoms with Crippen molar-refractivity contribution in [2.24, 2.45) is 5.73 Å². The summed E-state index contributed by atoms with van der Waals surface area (Å²) < 4.78 is 0. The Hall–Kier alpha value is -1.61. The van der Waals surface area contributed by atoms with Gasteiger partial charge < -0.3 is 11.1 Å². The first kappa shape index (κ1) is 12.5. The van der Waals surface area contributed by atoms with Gasteiger partial charge in [0.15, 0.2) is 0 Å². The Labute approximate surface area is 96.3 Å². The van der Waals surface area contributed by atoms with Crippen molar-refractivity contribution in [1.82, 2.24) is 5.32 Å². The third-order valence-electron chi connectivity index (χ3n) is 2.36. The molecule has 1 rings (SSSR count). The van der Waals surface area contributed by atoms with Crippen molar-refractivity contribution in [3.8, 4) is 0 Å². The summed E-state index contributed by atoms with van der Waals surface area (Å²) >= 11 is 0. The van der Waals surface area contributed by atoms with Gasteiger partial charge in [0.1, 0.15) is 0 Å². The average Bonchev–Trinajstić information content (AvgIpc) is 2.27. The van der Waals surface area contributed by atoms with Crippen LogP contribution in [0.1, 0.15) is 19.4 Å². The highest BCUT2D eigenvalue weighted by atomic mass is 16.1. The molecular formula is C13H18N2O. The van der Waals surface area contributed by atoms with Crippen molar-refractivity contribution < 1.29 is 4.79 Å². The standard InChI is InChI=1S/C13H18N2O/c1-10(13(14)16)8-11(2)15-9-12-6-4-3-5-7-12/h3-8,11,15H,9H2,1-2H3,(H2,14,16)/b10-8+. The predicted octanol–water partition coefficient (Wildman–Crippen LogP) is 1.60. The van der Waals surface area contributed by atoms with Crippen LogP contribution in [0.4, 0.5) is 0 Å². The lowest BCUT2D eigenvalue weighted by atomic mass is 10.1. The second-order valence-electron chi connectivity index (χ2n) is 3.87. The van der Waals surface area contributed by atoms with Crippen LogP contribution < -0.4 is 11.1 Å². The minimum atomic E-state index is -0.367. The maximum absolute atomic E-state index is 10.8. The molecule has 0 fully saturated rings. The third-order valence-corrected chi connectivity index (χ3v) is 2.36. The van der Waals surface area contributed by atoms with Gasteiger partial charge in [-0.2, -0.15) is 0 Å². The van der Waals surface area contributed by atoms with Crippen molar-refractivity contribution in [2.45, 2.75) is 26.4 Å². The van der Waals surface area contributed by atoms with Crippen molar-refractivity contribution in [3.63, 3.8) is 0 Å². The highest BCUT2D eigenvalue weighted by Gasteiger charge is 2.01. The maximum Gasteiger partial charge on any atom is 0.244 e. The second kappa shape index (κ2) is 6.08. The van der Waals surface area contributed by atoms with E-state index in [1.54, 1.807) is 6.92 Å². The topological polar surface area (TPSA) is 55.1 Å². The molecule has 1 amide bonds. The van der Waals surface area contributed by atoms with Gasteiger partial charge >= 0.3 is 0 Å². The van der Waals surface area contributed by atoms with E-state index in [1.165, 1.54) is 5.56 Å². The van der Waals surface area contributed by atoms with Gasteiger partial charge in [-0.25, -0.2) is 0 Å². The Balaban J connectivity index is 2.45. The average molecular weight is 218 g/mol. The van der Waals surface area contributed by atoms with Gasteiger partial charge in [0.25, 0.3) is 0 Å². The SMILES string of the molecule is C/C(=C\C(C)NCc1ccccc1)C(N)=O. The molecule has 0 aromatic heterocycles. The Morgan fingerprint density at radius 3 is 2.62 bits per heavy atom. The minimum Gasteiger partial charge on any atom is -0.366 e. The number of carbonyl (C=O) groups is 1. The maximum atomic E-state index is 10.8. The van der Waals surface area contributed by atoms with E-state index >= 15 is 0 Å². The van der Waals surface area contributed by atoms with E-state index in [0.717, 1.165) is 6.54 Å². The van der Waals surface area contributed by atoms with Crippen LogP contribution in [0.25, 0.3) is 0 Å². The Kier molecular flexibility index (Phi) is 4.73. The van der Waals surface area contributed by atoms with Crippen LogP contribution in [0.15, 0.2) is 42.0 Å². The van der Waals surface area contributed by atoms with Crippen molar-refractivity contribution >= 4 is 5.91 Å². The van der Waals surface area contributed by atoms with Crippen LogP contribution in [0, 0.1) is 0 Å². The van der Waals surface area contributed by atoms with Gasteiger partial charge in [-0.3, -0.25) is 4.79 Å². The molecule has 0 aliphatic carbocycles. The lowest BCUT2D eigenvalue weighted by Gasteiger charge is -2.10. The van der Waals surface area contributed by atoms with Crippen LogP contribution >= 0.6 is 0 Å². The van der Waals surface area contributed by atoms with E-state index in [4.69, 9.17) is 5.73 Å². The molecule has 1 unspecified atom stereocenters. The molecule has 3 heteroatoms. The van der Waals surface area contributed by atoms with Crippen molar-refractivity contribution in [2.75, 3.05) is 0 Å². The molecule has 0 heterocycles. The van der Waals surface area contributed by atoms with E-state index in [0.29, 0.717) is 5.57 Å². The van der Waals surface area contributed by atoms with Gasteiger partial charge in [0.2, 0.25) is 5.91 Å². The highest BCUT2D eigenvalue weighted by molar-refractivity contribution is 5.91. The molecule has 0 bridgehead atoms. The number of carbonyl (C=O) groups excluding carboxylic acids is 1. The van der Waals surface area contributed by atoms with E-state index in [2.05, 4.69) is 17.4 Å². The zero-order valence-electron chi connectivity index (χ0n) is 9.73. The molecular weight excluding hydrogens is 200 g/mol. The van der Waals surface area contributed by atoms with E-state index < -0.39 is 0 Å². The van der Waals surface area contributed by atoms with Gasteiger partial charge in [-0.15, -0.1) is 0 Å². The Morgan fingerprint density at radius 2 is 2.06 bits per heavy atom. The number of hydrogen-bond donors (Lipinski definition) is 2. The van der Waals surface area contributed by atoms with Gasteiger partial charge in [-0.05, 0) is 19.4 Å². The summed E-state index contributed by atoms with van der Waals surface area (Å²) in [6, 6.07) is 10.3. The van der Waals surface area contributed by atoms with Crippen LogP contribution in [0.2, 0.25) is 0 Å². The zero-order chi connectivity index (χ0) is 12.0. The predicted molar refractivity (Wildman–Crippen MR) is 65.7 cm³/mol. The molecule has 0 spiro atoms. The quantitative estimate of drug-likeness (QED) is 0.737. The van der Waals surface area contributed by atoms with Crippen LogP contribution in [-0.2, 0) is 11.3 Å². The normalized spacial score (nSPS) is 13.5. The van der Waals surface area contributed by atoms with Gasteiger partial charge in [-0.1, -0.05) is 36.4 Å². The summed E-state index contributed by atoms with van der Waals surface area (Å²) in [6.07, 6.45) is 1.84. The molecule has 0 aliphatic heterocycles. The first-order valence-corrected chi connectivity index (χ1v) is 5.35. The number of primary amides is 1. The summed E-state index contributed by atoms with van der Waals surface area (Å²) in [5, 5.41) is 3.30. The highest BCUT2D eigenvalue weighted by Crippen LogP contribution is 2.00. The lowest BCUT2D eigenvalue weighted by molar-refractivity contribution is -0.114. The molecule has 1 aromatic carbocycles. The fraction of sp³-hybridized carbons (Fsp3) is 0.308. The van der Waals surface area contributed by atoms with Crippen LogP contribution in [-0.4, -0.2) is 11.9 Å². The Bertz CT molecular complexity index is 371. The first-order valence-electron chi connectivity index (χ1n) is 5.35. The number of benzene rings is 1. The smallest absolute Gasteiger partial charge is 0.244 e. The summed E-state index contributed by atoms with van der Waals surface area (Å²) in [5.41, 5.74) is 6.97. The molecule has 16 heavy (non-hydrogen) atoms. The molecule has 3 N–H and O–H groups in total. The molecule has 1 aromatic rings. The fourth-order valence-electron chi connectivity index (χ4n) is 1.39. The molecule has 86 valence electrons. The molecule has 0 aliphatic rings. The summed E-state index contributed by atoms with van der Waals surface area (Å²) in [7, 11) is 0. The van der Waals surface area contributed by atoms with Crippen molar-refractivity contribution in [1.29, 1.82) is 0 Å². The fourth-order valence-corrected chi connectivity index (χ4v) is 1.39. The lowest BCUT2D eigenvalue weighted by Crippen LogP contribution is -2.25. The van der Waals surface area contributed by atoms with E-state index in [1.807, 2.05) is 31.2 Å². The molecule has 0 saturated heterocycles. The summed E-state index contributed by atoms with van der Waals surface area (Å²) in [4.78, 5) is 10.8. The Morgan fingerprint density at radius 1 is 1.44 bits per heavy atom. The number of nitrogens with one attached hydrogen (secondary N) is 1. The number of hydrogen-bond acceptors (Lipinski definition) is 2. The molecule has 0 saturated carbocycles. The number of amides is 1. The third kappa shape index (κ3) is 4.28. The first-order chi connectivity index (χ1) is 7.59. The van der Waals surface area contributed by atoms with E-state index in [9.17, 15) is 4.79 Å². The molecule has 0 radical (unpaired) electrons. The van der Waals surface area contributed by atoms with Gasteiger partial charge in [0, 0.05) is 18.2 Å². The zero-order valence-corrected chi connectivity index (χ0v) is 9.73. The largest absolute Gasteiger partial charge is 0.366 e. The van der Waals surface area contributed by atoms with Crippen molar-refractivity contribution in [3.05, 3.63) is 47.5 Å².